The van der Waals surface area contributed by atoms with Crippen LogP contribution in [0.15, 0.2) is 72.4 Å². The standard InChI is InChI=1S/C53H65Cl2N7O6S/c1-34-49(69-33-58-34)37-18-15-35(16-19-37)29-57-51(66)44-28-40(63)31-62(44)52(67)50(53(2,3)4)60-47(64)14-10-8-6-5-7-9-11-24-68-45-22-20-38(43-32-61-23-12-13-46(61)59-43)27-39(45)30-56-48(65)26-36-17-21-41(54)42(55)25-36/h15-22,25,27,32-33,40,44,50,63H,5-14,23-24,26,28-31H2,1-4H3,(H,56,65)(H,57,66)(H,60,64)/t40-,44+,50-/m1/s1. The van der Waals surface area contributed by atoms with Gasteiger partial charge in [-0.3, -0.25) is 19.2 Å². The Labute approximate surface area is 419 Å². The van der Waals surface area contributed by atoms with Gasteiger partial charge in [0.1, 0.15) is 23.7 Å². The van der Waals surface area contributed by atoms with Crippen LogP contribution in [0.2, 0.25) is 10.0 Å². The maximum Gasteiger partial charge on any atom is 0.246 e. The van der Waals surface area contributed by atoms with Crippen molar-refractivity contribution in [2.45, 2.75) is 143 Å². The summed E-state index contributed by atoms with van der Waals surface area (Å²) in [7, 11) is 0. The number of rotatable bonds is 22. The molecule has 0 unspecified atom stereocenters. The first-order valence-corrected chi connectivity index (χ1v) is 25.8. The van der Waals surface area contributed by atoms with Crippen LogP contribution in [-0.2, 0) is 51.7 Å². The van der Waals surface area contributed by atoms with Crippen LogP contribution in [0.4, 0.5) is 0 Å². The minimum Gasteiger partial charge on any atom is -0.493 e. The van der Waals surface area contributed by atoms with E-state index < -0.39 is 23.6 Å². The zero-order valence-corrected chi connectivity index (χ0v) is 42.5. The molecule has 4 heterocycles. The van der Waals surface area contributed by atoms with Gasteiger partial charge in [-0.15, -0.1) is 11.3 Å². The van der Waals surface area contributed by atoms with Crippen molar-refractivity contribution in [3.05, 3.63) is 111 Å². The molecule has 3 atom stereocenters. The van der Waals surface area contributed by atoms with E-state index in [0.717, 1.165) is 114 Å². The Kier molecular flexibility index (Phi) is 18.0. The minimum atomic E-state index is -0.860. The first-order chi connectivity index (χ1) is 33.1. The lowest BCUT2D eigenvalue weighted by atomic mass is 9.85. The summed E-state index contributed by atoms with van der Waals surface area (Å²) in [6, 6.07) is 17.5. The van der Waals surface area contributed by atoms with Crippen LogP contribution in [0.3, 0.4) is 0 Å². The number of aryl methyl sites for hydroxylation is 3. The number of ether oxygens (including phenoxy) is 1. The lowest BCUT2D eigenvalue weighted by Crippen LogP contribution is -2.57. The largest absolute Gasteiger partial charge is 0.493 e. The van der Waals surface area contributed by atoms with Gasteiger partial charge < -0.3 is 35.3 Å². The van der Waals surface area contributed by atoms with E-state index in [1.54, 1.807) is 29.5 Å². The summed E-state index contributed by atoms with van der Waals surface area (Å²) in [6.07, 6.45) is 10.5. The Hall–Kier alpha value is -5.28. The van der Waals surface area contributed by atoms with E-state index in [9.17, 15) is 24.3 Å². The van der Waals surface area contributed by atoms with Gasteiger partial charge in [-0.05, 0) is 78.6 Å². The molecule has 1 saturated heterocycles. The van der Waals surface area contributed by atoms with Gasteiger partial charge in [0.2, 0.25) is 23.6 Å². The molecular formula is C53H65Cl2N7O6S. The van der Waals surface area contributed by atoms with Gasteiger partial charge in [0.25, 0.3) is 0 Å². The van der Waals surface area contributed by atoms with Crippen molar-refractivity contribution in [1.82, 2.24) is 35.4 Å². The monoisotopic (exact) mass is 997 g/mol. The highest BCUT2D eigenvalue weighted by molar-refractivity contribution is 7.13. The van der Waals surface area contributed by atoms with E-state index in [4.69, 9.17) is 32.9 Å². The summed E-state index contributed by atoms with van der Waals surface area (Å²) >= 11 is 13.8. The highest BCUT2D eigenvalue weighted by Gasteiger charge is 2.44. The van der Waals surface area contributed by atoms with E-state index in [1.807, 2.05) is 69.6 Å². The number of aliphatic hydroxyl groups excluding tert-OH is 1. The number of halogens is 2. The number of imidazole rings is 1. The first-order valence-electron chi connectivity index (χ1n) is 24.2. The molecule has 4 N–H and O–H groups in total. The molecule has 0 aliphatic carbocycles. The molecule has 0 bridgehead atoms. The number of aromatic nitrogens is 3. The van der Waals surface area contributed by atoms with Crippen molar-refractivity contribution in [3.8, 4) is 27.4 Å². The van der Waals surface area contributed by atoms with E-state index in [1.165, 1.54) is 4.90 Å². The van der Waals surface area contributed by atoms with Gasteiger partial charge in [0.15, 0.2) is 0 Å². The SMILES string of the molecule is Cc1ncsc1-c1ccc(CNC(=O)[C@@H]2C[C@@H](O)CN2C(=O)[C@@H](NC(=O)CCCCCCCCCOc2ccc(-c3cn4c(n3)CCC4)cc2CNC(=O)Cc2ccc(Cl)c(Cl)c2)C(C)(C)C)cc1. The molecule has 7 rings (SSSR count). The number of thiazole rings is 1. The summed E-state index contributed by atoms with van der Waals surface area (Å²) in [4.78, 5) is 65.5. The summed E-state index contributed by atoms with van der Waals surface area (Å²) in [5.74, 6) is 0.787. The van der Waals surface area contributed by atoms with Crippen LogP contribution in [0, 0.1) is 12.3 Å². The molecule has 1 fully saturated rings. The lowest BCUT2D eigenvalue weighted by Gasteiger charge is -2.35. The number of unbranched alkanes of at least 4 members (excludes halogenated alkanes) is 6. The molecule has 3 aromatic carbocycles. The number of amides is 4. The Morgan fingerprint density at radius 1 is 0.870 bits per heavy atom. The van der Waals surface area contributed by atoms with E-state index in [2.05, 4.69) is 37.8 Å². The normalized spacial score (nSPS) is 16.0. The second kappa shape index (κ2) is 24.0. The second-order valence-electron chi connectivity index (χ2n) is 19.4. The molecule has 4 amide bonds. The van der Waals surface area contributed by atoms with Crippen LogP contribution in [0.5, 0.6) is 5.75 Å². The number of hydrogen-bond acceptors (Lipinski definition) is 9. The smallest absolute Gasteiger partial charge is 0.246 e. The number of fused-ring (bicyclic) bond motifs is 1. The van der Waals surface area contributed by atoms with Gasteiger partial charge in [0.05, 0.1) is 51.0 Å². The van der Waals surface area contributed by atoms with Crippen molar-refractivity contribution in [3.63, 3.8) is 0 Å². The van der Waals surface area contributed by atoms with Gasteiger partial charge in [-0.1, -0.05) is 106 Å². The maximum absolute atomic E-state index is 14.1. The predicted octanol–water partition coefficient (Wildman–Crippen LogP) is 9.40. The average molecular weight is 999 g/mol. The molecule has 0 saturated carbocycles. The maximum atomic E-state index is 14.1. The number of aliphatic hydroxyl groups is 1. The van der Waals surface area contributed by atoms with E-state index in [0.29, 0.717) is 36.0 Å². The number of nitrogens with zero attached hydrogens (tertiary/aromatic N) is 4. The van der Waals surface area contributed by atoms with Gasteiger partial charge in [-0.25, -0.2) is 9.97 Å². The Bertz CT molecular complexity index is 2550. The minimum absolute atomic E-state index is 0.0272. The summed E-state index contributed by atoms with van der Waals surface area (Å²) in [5.41, 5.74) is 7.69. The average Bonchev–Trinajstić information content (AvgIpc) is 4.14. The van der Waals surface area contributed by atoms with Gasteiger partial charge in [-0.2, -0.15) is 0 Å². The number of β-amino-alcohol motifs (C(OH)–C–C–N with tert-alkyl or cyclic N) is 1. The number of carbonyl (C=O) groups is 4. The van der Waals surface area contributed by atoms with E-state index in [-0.39, 0.29) is 49.6 Å². The summed E-state index contributed by atoms with van der Waals surface area (Å²) in [5, 5.41) is 20.5. The Balaban J connectivity index is 0.814. The number of likely N-dealkylation sites (tertiary alicyclic amines) is 1. The van der Waals surface area contributed by atoms with Crippen LogP contribution in [0.1, 0.15) is 113 Å². The molecule has 5 aromatic rings. The first kappa shape index (κ1) is 51.6. The fourth-order valence-corrected chi connectivity index (χ4v) is 10.1. The number of benzene rings is 3. The molecule has 16 heteroatoms. The fourth-order valence-electron chi connectivity index (χ4n) is 8.97. The summed E-state index contributed by atoms with van der Waals surface area (Å²) in [6.45, 7) is 9.78. The van der Waals surface area contributed by atoms with Crippen LogP contribution < -0.4 is 20.7 Å². The third-order valence-electron chi connectivity index (χ3n) is 12.9. The topological polar surface area (TPSA) is 168 Å². The van der Waals surface area contributed by atoms with Crippen molar-refractivity contribution in [1.29, 1.82) is 0 Å². The molecule has 2 aromatic heterocycles. The third kappa shape index (κ3) is 14.2. The molecule has 69 heavy (non-hydrogen) atoms. The highest BCUT2D eigenvalue weighted by atomic mass is 35.5. The third-order valence-corrected chi connectivity index (χ3v) is 14.6. The van der Waals surface area contributed by atoms with Crippen LogP contribution in [0.25, 0.3) is 21.7 Å². The molecule has 2 aliphatic heterocycles. The summed E-state index contributed by atoms with van der Waals surface area (Å²) < 4.78 is 8.50. The number of nitrogens with one attached hydrogen (secondary N) is 3. The van der Waals surface area contributed by atoms with E-state index >= 15 is 0 Å². The molecule has 368 valence electrons. The molecule has 0 spiro atoms. The van der Waals surface area contributed by atoms with Crippen LogP contribution >= 0.6 is 34.5 Å². The fraction of sp³-hybridized carbons (Fsp3) is 0.472. The highest BCUT2D eigenvalue weighted by Crippen LogP contribution is 2.31. The lowest BCUT2D eigenvalue weighted by molar-refractivity contribution is -0.144. The Morgan fingerprint density at radius 2 is 1.59 bits per heavy atom. The van der Waals surface area contributed by atoms with Gasteiger partial charge in [0, 0.05) is 62.8 Å². The number of carbonyl (C=O) groups excluding carboxylic acids is 4. The second-order valence-corrected chi connectivity index (χ2v) is 21.1. The van der Waals surface area contributed by atoms with Crippen molar-refractivity contribution < 1.29 is 29.0 Å². The Morgan fingerprint density at radius 3 is 2.30 bits per heavy atom. The quantitative estimate of drug-likeness (QED) is 0.0498. The zero-order chi connectivity index (χ0) is 49.1. The van der Waals surface area contributed by atoms with Crippen LogP contribution in [-0.4, -0.2) is 79.5 Å². The predicted molar refractivity (Wildman–Crippen MR) is 272 cm³/mol. The van der Waals surface area contributed by atoms with Crippen molar-refractivity contribution in [2.24, 2.45) is 5.41 Å². The molecule has 13 nitrogen and oxygen atoms in total. The zero-order valence-electron chi connectivity index (χ0n) is 40.1. The number of hydrogen-bond donors (Lipinski definition) is 4. The van der Waals surface area contributed by atoms with Gasteiger partial charge >= 0.3 is 0 Å². The molecular weight excluding hydrogens is 934 g/mol. The molecule has 2 aliphatic rings. The molecule has 0 radical (unpaired) electrons. The van der Waals surface area contributed by atoms with Crippen molar-refractivity contribution in [2.75, 3.05) is 13.2 Å². The van der Waals surface area contributed by atoms with Crippen molar-refractivity contribution >= 4 is 58.2 Å².